The molecule has 0 aliphatic carbocycles. The zero-order valence-electron chi connectivity index (χ0n) is 76.0. The van der Waals surface area contributed by atoms with Crippen molar-refractivity contribution in [1.29, 1.82) is 0 Å². The number of carbonyl (C=O) groups is 15. The zero-order valence-corrected chi connectivity index (χ0v) is 76.0. The number of aliphatic hydroxyl groups is 3. The first-order chi connectivity index (χ1) is 64.5. The molecule has 0 fully saturated rings. The fourth-order valence-electron chi connectivity index (χ4n) is 11.3. The lowest BCUT2D eigenvalue weighted by atomic mass is 9.90. The molecule has 0 aliphatic rings. The molecule has 1 aromatic heterocycles. The van der Waals surface area contributed by atoms with E-state index in [9.17, 15) is 102 Å². The van der Waals surface area contributed by atoms with Crippen molar-refractivity contribution in [2.75, 3.05) is 178 Å². The van der Waals surface area contributed by atoms with E-state index in [2.05, 4.69) is 94.9 Å². The third-order valence-corrected chi connectivity index (χ3v) is 19.4. The minimum Gasteiger partial charge on any atom is -0.462 e. The van der Waals surface area contributed by atoms with E-state index < -0.39 is 298 Å². The molecule has 0 unspecified atom stereocenters. The predicted octanol–water partition coefficient (Wildman–Crippen LogP) is 2.73. The Morgan fingerprint density at radius 3 is 0.511 bits per heavy atom. The van der Waals surface area contributed by atoms with E-state index in [1.807, 2.05) is 0 Å². The van der Waals surface area contributed by atoms with Gasteiger partial charge in [-0.3, -0.25) is 0 Å². The monoisotopic (exact) mass is 1910 g/mol. The van der Waals surface area contributed by atoms with E-state index in [0.29, 0.717) is 57.8 Å². The van der Waals surface area contributed by atoms with Crippen LogP contribution in [0.15, 0.2) is 166 Å². The second kappa shape index (κ2) is 66.8. The van der Waals surface area contributed by atoms with Gasteiger partial charge in [-0.25, -0.2) is 100 Å². The van der Waals surface area contributed by atoms with E-state index in [1.165, 1.54) is 0 Å². The number of nitrogens with one attached hydrogen (secondary N) is 3. The minimum absolute atomic E-state index is 0.0110. The van der Waals surface area contributed by atoms with E-state index in [0.717, 1.165) is 86.6 Å². The first kappa shape index (κ1) is 120. The fourth-order valence-corrected chi connectivity index (χ4v) is 11.3. The Kier molecular flexibility index (Phi) is 59.1. The zero-order chi connectivity index (χ0) is 101. The second-order valence-corrected chi connectivity index (χ2v) is 30.7. The van der Waals surface area contributed by atoms with Gasteiger partial charge in [0.05, 0.1) is 92.0 Å². The molecule has 1 aromatic rings. The number of aromatic nitrogens is 3. The third-order valence-electron chi connectivity index (χ3n) is 19.4. The highest BCUT2D eigenvalue weighted by atomic mass is 16.6. The highest BCUT2D eigenvalue weighted by molar-refractivity contribution is 5.85. The molecule has 135 heavy (non-hydrogen) atoms. The summed E-state index contributed by atoms with van der Waals surface area (Å²) in [6.45, 7) is 24.8. The number of ether oxygens (including phenoxy) is 18. The van der Waals surface area contributed by atoms with Crippen LogP contribution in [0, 0.1) is 32.5 Å². The minimum atomic E-state index is -1.70. The normalized spacial score (nSPS) is 11.2. The molecule has 45 nitrogen and oxygen atoms in total. The molecule has 0 radical (unpaired) electrons. The van der Waals surface area contributed by atoms with Gasteiger partial charge in [-0.15, -0.1) is 0 Å². The van der Waals surface area contributed by atoms with Crippen molar-refractivity contribution in [3.8, 4) is 0 Å². The van der Waals surface area contributed by atoms with Crippen LogP contribution in [0.5, 0.6) is 0 Å². The highest BCUT2D eigenvalue weighted by Crippen LogP contribution is 2.30. The molecule has 45 heteroatoms. The predicted molar refractivity (Wildman–Crippen MR) is 475 cm³/mol. The fraction of sp³-hybridized carbons (Fsp3) is 0.533. The van der Waals surface area contributed by atoms with Gasteiger partial charge in [0.2, 0.25) is 0 Å². The van der Waals surface area contributed by atoms with Crippen LogP contribution in [0.3, 0.4) is 0 Å². The summed E-state index contributed by atoms with van der Waals surface area (Å²) in [4.78, 5) is 230. The van der Waals surface area contributed by atoms with Crippen LogP contribution in [-0.2, 0) is 162 Å². The smallest absolute Gasteiger partial charge is 0.407 e. The number of esters is 12. The molecule has 3 amide bonds. The first-order valence-corrected chi connectivity index (χ1v) is 42.2. The molecule has 1 heterocycles. The summed E-state index contributed by atoms with van der Waals surface area (Å²) in [5.74, 6) is -11.0. The van der Waals surface area contributed by atoms with Crippen molar-refractivity contribution < 1.29 is 173 Å². The lowest BCUT2D eigenvalue weighted by Gasteiger charge is -2.34. The van der Waals surface area contributed by atoms with Crippen LogP contribution in [0.2, 0.25) is 0 Å². The van der Waals surface area contributed by atoms with Crippen LogP contribution in [0.4, 0.5) is 14.4 Å². The summed E-state index contributed by atoms with van der Waals surface area (Å²) < 4.78 is 100. The van der Waals surface area contributed by atoms with Crippen LogP contribution in [0.25, 0.3) is 0 Å². The lowest BCUT2D eigenvalue weighted by Crippen LogP contribution is -2.54. The summed E-state index contributed by atoms with van der Waals surface area (Å²) in [5, 5.41) is 39.2. The molecule has 0 spiro atoms. The molecule has 1 rings (SSSR count). The van der Waals surface area contributed by atoms with E-state index in [1.54, 1.807) is 0 Å². The van der Waals surface area contributed by atoms with Crippen LogP contribution >= 0.6 is 0 Å². The van der Waals surface area contributed by atoms with Crippen molar-refractivity contribution in [3.05, 3.63) is 183 Å². The van der Waals surface area contributed by atoms with E-state index >= 15 is 0 Å². The maximum Gasteiger partial charge on any atom is 0.407 e. The first-order valence-electron chi connectivity index (χ1n) is 42.2. The Morgan fingerprint density at radius 1 is 0.215 bits per heavy atom. The number of rotatable bonds is 78. The Hall–Kier alpha value is -13.5. The van der Waals surface area contributed by atoms with Gasteiger partial charge in [-0.2, -0.15) is 0 Å². The molecule has 750 valence electrons. The van der Waals surface area contributed by atoms with Crippen LogP contribution in [0.1, 0.15) is 77.0 Å². The Morgan fingerprint density at radius 2 is 0.356 bits per heavy atom. The molecule has 0 bridgehead atoms. The second-order valence-electron chi connectivity index (χ2n) is 30.7. The number of unbranched alkanes of at least 4 members (excludes halogenated alkanes) is 9. The molecular weight excluding hydrogens is 1790 g/mol. The number of carbonyl (C=O) groups excluding carboxylic acids is 15. The lowest BCUT2D eigenvalue weighted by molar-refractivity contribution is -0.165. The average Bonchev–Trinajstić information content (AvgIpc) is 0.783. The van der Waals surface area contributed by atoms with Crippen molar-refractivity contribution in [1.82, 2.24) is 29.7 Å². The van der Waals surface area contributed by atoms with Gasteiger partial charge >= 0.3 is 107 Å². The SMILES string of the molecule is C=CC(=O)OCC(CO)(COCC(COC(=O)C=C)(COC(=O)C=C)COC(=O)NCCCCCCn1c(=O)n(CCCCCCNC(=O)OCC(COCC(CO)(COC(=O)C=C)COC(=O)C=C)(COC(=O)C=C)COC(=O)C=C)c(=O)n(CCCCCCNC(=O)OCC(COCC(CO)(COC(=O)C=C)COC(=O)C=C)(COC(=O)C=C)COC(=O)C=C)c1=O)COC(=O)C=C. The highest BCUT2D eigenvalue weighted by Gasteiger charge is 2.44. The van der Waals surface area contributed by atoms with Crippen molar-refractivity contribution in [2.45, 2.75) is 96.7 Å². The number of aliphatic hydroxyl groups excluding tert-OH is 3. The van der Waals surface area contributed by atoms with Gasteiger partial charge in [0, 0.05) is 112 Å². The Bertz CT molecular complexity index is 3780. The van der Waals surface area contributed by atoms with Crippen LogP contribution < -0.4 is 33.0 Å². The number of nitrogens with zero attached hydrogens (tertiary/aromatic N) is 3. The number of hydrogen-bond acceptors (Lipinski definition) is 39. The maximum absolute atomic E-state index is 14.3. The summed E-state index contributed by atoms with van der Waals surface area (Å²) in [6, 6.07) is 0. The van der Waals surface area contributed by atoms with Crippen molar-refractivity contribution in [3.63, 3.8) is 0 Å². The number of hydrogen-bond donors (Lipinski definition) is 6. The standard InChI is InChI=1S/C90H126N6O39/c1-13-67(100)121-52-85(43-97,53-122-68(101)14-2)46-118-49-88(58-127-73(106)19-7,59-128-74(107)20-8)64-133-79(112)91-37-31-25-28-34-40-94-82(115)95(41-35-29-26-32-38-92-80(113)134-65-89(60-129-75(108)21-9,61-130-76(109)22-10)50-119-47-86(44-98,54-123-69(102)15-3)55-124-70(103)16-4)84(117)96(83(94)116)42-36-30-27-33-39-93-81(114)135-66-90(62-131-77(110)23-11,63-132-78(111)24-12)51-120-48-87(45-99,56-125-71(104)17-5)57-126-72(105)18-6/h13-24,97-99H,1-12,25-66H2,(H,91,112)(H,92,113)(H,93,114). The molecule has 0 saturated carbocycles. The topological polar surface area (TPSA) is 585 Å². The van der Waals surface area contributed by atoms with E-state index in [4.69, 9.17) is 85.3 Å². The van der Waals surface area contributed by atoms with Gasteiger partial charge in [0.1, 0.15) is 99.1 Å². The molecule has 0 aliphatic heterocycles. The Labute approximate surface area is 779 Å². The number of alkyl carbamates (subject to hydrolysis) is 3. The molecule has 0 aromatic carbocycles. The summed E-state index contributed by atoms with van der Waals surface area (Å²) in [5.41, 5.74) is -12.7. The van der Waals surface area contributed by atoms with E-state index in [-0.39, 0.29) is 58.5 Å². The quantitative estimate of drug-likeness (QED) is 0.0236. The molecule has 6 N–H and O–H groups in total. The summed E-state index contributed by atoms with van der Waals surface area (Å²) >= 11 is 0. The molecule has 0 saturated heterocycles. The van der Waals surface area contributed by atoms with Gasteiger partial charge in [-0.05, 0) is 38.5 Å². The third kappa shape index (κ3) is 48.1. The average molecular weight is 1920 g/mol. The van der Waals surface area contributed by atoms with Gasteiger partial charge in [-0.1, -0.05) is 117 Å². The van der Waals surface area contributed by atoms with Crippen molar-refractivity contribution >= 4 is 89.9 Å². The number of amides is 3. The van der Waals surface area contributed by atoms with Gasteiger partial charge < -0.3 is 117 Å². The molecule has 0 atom stereocenters. The molecular formula is C90H126N6O39. The Balaban J connectivity index is 3.61. The van der Waals surface area contributed by atoms with Crippen molar-refractivity contribution in [2.24, 2.45) is 32.5 Å². The largest absolute Gasteiger partial charge is 0.462 e. The maximum atomic E-state index is 14.3. The van der Waals surface area contributed by atoms with Crippen LogP contribution in [-0.4, -0.2) is 297 Å². The van der Waals surface area contributed by atoms with Gasteiger partial charge in [0.25, 0.3) is 0 Å². The summed E-state index contributed by atoms with van der Waals surface area (Å²) in [7, 11) is 0. The van der Waals surface area contributed by atoms with Gasteiger partial charge in [0.15, 0.2) is 0 Å². The summed E-state index contributed by atoms with van der Waals surface area (Å²) in [6.07, 6.45) is 10.7.